The molecule has 0 aliphatic rings. The van der Waals surface area contributed by atoms with Crippen LogP contribution in [0, 0.1) is 0 Å². The molecule has 1 N–H and O–H groups in total. The summed E-state index contributed by atoms with van der Waals surface area (Å²) in [5.41, 5.74) is 0.143. The Hall–Kier alpha value is -0.770. The summed E-state index contributed by atoms with van der Waals surface area (Å²) in [6.45, 7) is 6.09. The molecular weight excluding hydrogens is 254 g/mol. The maximum Gasteiger partial charge on any atom is 0.193 e. The highest BCUT2D eigenvalue weighted by atomic mass is 35.5. The molecule has 2 heterocycles. The van der Waals surface area contributed by atoms with Crippen molar-refractivity contribution in [1.29, 1.82) is 0 Å². The van der Waals surface area contributed by atoms with Crippen molar-refractivity contribution in [2.24, 2.45) is 0 Å². The predicted octanol–water partition coefficient (Wildman–Crippen LogP) is 4.06. The zero-order valence-corrected chi connectivity index (χ0v) is 11.6. The first-order valence-corrected chi connectivity index (χ1v) is 6.82. The van der Waals surface area contributed by atoms with E-state index >= 15 is 0 Å². The maximum absolute atomic E-state index is 5.72. The molecule has 2 rings (SSSR count). The van der Waals surface area contributed by atoms with Crippen LogP contribution in [0.3, 0.4) is 0 Å². The van der Waals surface area contributed by atoms with Gasteiger partial charge < -0.3 is 9.73 Å². The van der Waals surface area contributed by atoms with Gasteiger partial charge in [0.25, 0.3) is 0 Å². The Morgan fingerprint density at radius 3 is 2.76 bits per heavy atom. The van der Waals surface area contributed by atoms with E-state index in [9.17, 15) is 0 Å². The van der Waals surface area contributed by atoms with Gasteiger partial charge in [-0.3, -0.25) is 0 Å². The zero-order valence-electron chi connectivity index (χ0n) is 10.00. The van der Waals surface area contributed by atoms with Crippen LogP contribution in [0.15, 0.2) is 34.1 Å². The Balaban J connectivity index is 1.86. The molecule has 0 bridgehead atoms. The Bertz CT molecular complexity index is 461. The third-order valence-corrected chi connectivity index (χ3v) is 4.12. The van der Waals surface area contributed by atoms with Gasteiger partial charge in [0.1, 0.15) is 5.76 Å². The number of halogens is 1. The molecule has 17 heavy (non-hydrogen) atoms. The minimum Gasteiger partial charge on any atom is -0.448 e. The first kappa shape index (κ1) is 12.7. The van der Waals surface area contributed by atoms with Gasteiger partial charge in [0, 0.05) is 16.8 Å². The SMILES string of the molecule is CC(C)(CNCc1ccc(Cl)o1)c1cccs1. The van der Waals surface area contributed by atoms with Gasteiger partial charge in [-0.25, -0.2) is 0 Å². The monoisotopic (exact) mass is 269 g/mol. The largest absolute Gasteiger partial charge is 0.448 e. The van der Waals surface area contributed by atoms with Crippen molar-refractivity contribution in [1.82, 2.24) is 5.32 Å². The lowest BCUT2D eigenvalue weighted by Gasteiger charge is -2.23. The Morgan fingerprint density at radius 1 is 1.35 bits per heavy atom. The summed E-state index contributed by atoms with van der Waals surface area (Å²) in [7, 11) is 0. The van der Waals surface area contributed by atoms with Crippen LogP contribution in [0.2, 0.25) is 5.22 Å². The van der Waals surface area contributed by atoms with E-state index in [1.54, 1.807) is 17.4 Å². The van der Waals surface area contributed by atoms with Gasteiger partial charge in [-0.15, -0.1) is 11.3 Å². The summed E-state index contributed by atoms with van der Waals surface area (Å²) in [4.78, 5) is 1.39. The van der Waals surface area contributed by atoms with E-state index in [4.69, 9.17) is 16.0 Å². The maximum atomic E-state index is 5.72. The normalized spacial score (nSPS) is 11.9. The van der Waals surface area contributed by atoms with Crippen molar-refractivity contribution in [3.63, 3.8) is 0 Å². The molecule has 0 aromatic carbocycles. The van der Waals surface area contributed by atoms with Gasteiger partial charge >= 0.3 is 0 Å². The fraction of sp³-hybridized carbons (Fsp3) is 0.385. The van der Waals surface area contributed by atoms with E-state index in [1.807, 2.05) is 6.07 Å². The van der Waals surface area contributed by atoms with Crippen LogP contribution in [0.1, 0.15) is 24.5 Å². The highest BCUT2D eigenvalue weighted by Crippen LogP contribution is 2.26. The van der Waals surface area contributed by atoms with Crippen LogP contribution >= 0.6 is 22.9 Å². The van der Waals surface area contributed by atoms with Crippen LogP contribution in [0.25, 0.3) is 0 Å². The summed E-state index contributed by atoms with van der Waals surface area (Å²) in [6.07, 6.45) is 0. The van der Waals surface area contributed by atoms with E-state index in [1.165, 1.54) is 4.88 Å². The average Bonchev–Trinajstić information content (AvgIpc) is 2.89. The molecule has 0 aliphatic carbocycles. The number of hydrogen-bond acceptors (Lipinski definition) is 3. The lowest BCUT2D eigenvalue weighted by molar-refractivity contribution is 0.437. The van der Waals surface area contributed by atoms with Gasteiger partial charge in [0.05, 0.1) is 6.54 Å². The second-order valence-electron chi connectivity index (χ2n) is 4.67. The summed E-state index contributed by atoms with van der Waals surface area (Å²) in [6, 6.07) is 7.93. The fourth-order valence-electron chi connectivity index (χ4n) is 1.70. The minimum atomic E-state index is 0.143. The van der Waals surface area contributed by atoms with Crippen molar-refractivity contribution < 1.29 is 4.42 Å². The van der Waals surface area contributed by atoms with E-state index in [2.05, 4.69) is 36.7 Å². The van der Waals surface area contributed by atoms with Crippen molar-refractivity contribution in [2.45, 2.75) is 25.8 Å². The Morgan fingerprint density at radius 2 is 2.18 bits per heavy atom. The Labute approximate surface area is 111 Å². The molecule has 2 aromatic heterocycles. The third kappa shape index (κ3) is 3.35. The lowest BCUT2D eigenvalue weighted by atomic mass is 9.91. The predicted molar refractivity (Wildman–Crippen MR) is 72.8 cm³/mol. The van der Waals surface area contributed by atoms with Gasteiger partial charge in [0.2, 0.25) is 0 Å². The number of thiophene rings is 1. The van der Waals surface area contributed by atoms with Crippen molar-refractivity contribution in [3.05, 3.63) is 45.5 Å². The topological polar surface area (TPSA) is 25.2 Å². The summed E-state index contributed by atoms with van der Waals surface area (Å²) in [5.74, 6) is 0.872. The molecule has 0 radical (unpaired) electrons. The molecule has 2 nitrogen and oxygen atoms in total. The molecule has 0 spiro atoms. The molecular formula is C13H16ClNOS. The van der Waals surface area contributed by atoms with Gasteiger partial charge in [-0.1, -0.05) is 19.9 Å². The van der Waals surface area contributed by atoms with Gasteiger partial charge in [-0.05, 0) is 35.2 Å². The quantitative estimate of drug-likeness (QED) is 0.885. The van der Waals surface area contributed by atoms with E-state index < -0.39 is 0 Å². The summed E-state index contributed by atoms with van der Waals surface area (Å²) in [5, 5.41) is 5.96. The number of hydrogen-bond donors (Lipinski definition) is 1. The van der Waals surface area contributed by atoms with Crippen LogP contribution in [-0.4, -0.2) is 6.54 Å². The molecule has 0 amide bonds. The molecule has 0 atom stereocenters. The molecule has 0 saturated carbocycles. The van der Waals surface area contributed by atoms with Crippen LogP contribution < -0.4 is 5.32 Å². The summed E-state index contributed by atoms with van der Waals surface area (Å²) >= 11 is 7.51. The van der Waals surface area contributed by atoms with E-state index in [0.717, 1.165) is 12.3 Å². The molecule has 0 saturated heterocycles. The van der Waals surface area contributed by atoms with Crippen molar-refractivity contribution in [3.8, 4) is 0 Å². The van der Waals surface area contributed by atoms with Crippen LogP contribution in [-0.2, 0) is 12.0 Å². The minimum absolute atomic E-state index is 0.143. The standard InChI is InChI=1S/C13H16ClNOS/c1-13(2,11-4-3-7-17-11)9-15-8-10-5-6-12(14)16-10/h3-7,15H,8-9H2,1-2H3. The third-order valence-electron chi connectivity index (χ3n) is 2.68. The second kappa shape index (κ2) is 5.25. The van der Waals surface area contributed by atoms with Crippen LogP contribution in [0.5, 0.6) is 0 Å². The molecule has 0 aliphatic heterocycles. The molecule has 2 aromatic rings. The Kier molecular flexibility index (Phi) is 3.92. The summed E-state index contributed by atoms with van der Waals surface area (Å²) < 4.78 is 5.29. The van der Waals surface area contributed by atoms with Gasteiger partial charge in [0.15, 0.2) is 5.22 Å². The molecule has 0 unspecified atom stereocenters. The fourth-order valence-corrected chi connectivity index (χ4v) is 2.71. The first-order valence-electron chi connectivity index (χ1n) is 5.57. The molecule has 0 fully saturated rings. The zero-order chi connectivity index (χ0) is 12.3. The molecule has 92 valence electrons. The highest BCUT2D eigenvalue weighted by Gasteiger charge is 2.21. The lowest BCUT2D eigenvalue weighted by Crippen LogP contribution is -2.31. The molecule has 4 heteroatoms. The second-order valence-corrected chi connectivity index (χ2v) is 5.99. The average molecular weight is 270 g/mol. The smallest absolute Gasteiger partial charge is 0.193 e. The highest BCUT2D eigenvalue weighted by molar-refractivity contribution is 7.10. The van der Waals surface area contributed by atoms with Crippen LogP contribution in [0.4, 0.5) is 0 Å². The first-order chi connectivity index (χ1) is 8.08. The van der Waals surface area contributed by atoms with E-state index in [0.29, 0.717) is 11.8 Å². The number of furan rings is 1. The van der Waals surface area contributed by atoms with Crippen molar-refractivity contribution in [2.75, 3.05) is 6.54 Å². The number of nitrogens with one attached hydrogen (secondary N) is 1. The van der Waals surface area contributed by atoms with E-state index in [-0.39, 0.29) is 5.41 Å². The number of rotatable bonds is 5. The van der Waals surface area contributed by atoms with Crippen molar-refractivity contribution >= 4 is 22.9 Å². The van der Waals surface area contributed by atoms with Gasteiger partial charge in [-0.2, -0.15) is 0 Å².